The third-order valence-electron chi connectivity index (χ3n) is 9.18. The molecule has 0 spiro atoms. The summed E-state index contributed by atoms with van der Waals surface area (Å²) in [6.45, 7) is 0. The van der Waals surface area contributed by atoms with Crippen molar-refractivity contribution >= 4 is 105 Å². The van der Waals surface area contributed by atoms with Gasteiger partial charge in [0.2, 0.25) is 0 Å². The summed E-state index contributed by atoms with van der Waals surface area (Å²) >= 11 is 3.68. The van der Waals surface area contributed by atoms with Gasteiger partial charge in [0.05, 0.1) is 11.0 Å². The molecular weight excluding hydrogens is 553 g/mol. The fraction of sp³-hybridized carbons (Fsp3) is 0. The van der Waals surface area contributed by atoms with Crippen molar-refractivity contribution in [2.45, 2.75) is 0 Å². The maximum absolute atomic E-state index is 2.80. The third kappa shape index (κ3) is 2.63. The molecule has 0 fully saturated rings. The first kappa shape index (κ1) is 22.3. The Kier molecular flexibility index (Phi) is 4.27. The van der Waals surface area contributed by atoms with E-state index in [9.17, 15) is 0 Å². The maximum atomic E-state index is 2.50. The Morgan fingerprint density at radius 1 is 0.415 bits per heavy atom. The van der Waals surface area contributed by atoms with E-state index in [0.29, 0.717) is 0 Å². The average molecular weight is 575 g/mol. The van der Waals surface area contributed by atoms with Crippen molar-refractivity contribution in [3.8, 4) is 0 Å². The Balaban J connectivity index is 1.46. The highest BCUT2D eigenvalue weighted by Crippen LogP contribution is 2.38. The van der Waals surface area contributed by atoms with Gasteiger partial charge in [0.1, 0.15) is 9.66 Å². The molecule has 5 heteroatoms. The molecule has 0 bridgehead atoms. The standard InChI is InChI=1S/C36H22N2S2Si/c1-3-9-23(10-4-1)41(24-11-5-2-6-12-24,31-21-37-33-25(13-7-15-29(31)33)27-17-19-39-35(27)37)32-22-38-34-26(14-8-16-30(32)34)28-18-20-40-36(28)38/h1-22H. The van der Waals surface area contributed by atoms with E-state index in [1.807, 2.05) is 22.7 Å². The van der Waals surface area contributed by atoms with Crippen LogP contribution in [-0.4, -0.2) is 16.9 Å². The van der Waals surface area contributed by atoms with E-state index in [-0.39, 0.29) is 0 Å². The van der Waals surface area contributed by atoms with E-state index >= 15 is 0 Å². The van der Waals surface area contributed by atoms with Gasteiger partial charge in [-0.25, -0.2) is 0 Å². The molecule has 0 unspecified atom stereocenters. The van der Waals surface area contributed by atoms with E-state index < -0.39 is 8.07 Å². The lowest BCUT2D eigenvalue weighted by Crippen LogP contribution is -2.74. The van der Waals surface area contributed by atoms with Crippen LogP contribution < -0.4 is 20.7 Å². The highest BCUT2D eigenvalue weighted by molar-refractivity contribution is 7.22. The van der Waals surface area contributed by atoms with Crippen LogP contribution in [0.25, 0.3) is 53.0 Å². The van der Waals surface area contributed by atoms with Gasteiger partial charge in [0, 0.05) is 44.7 Å². The molecule has 0 aliphatic rings. The molecule has 2 nitrogen and oxygen atoms in total. The molecule has 0 saturated carbocycles. The predicted molar refractivity (Wildman–Crippen MR) is 180 cm³/mol. The van der Waals surface area contributed by atoms with Gasteiger partial charge in [0.15, 0.2) is 8.07 Å². The molecule has 6 aromatic heterocycles. The van der Waals surface area contributed by atoms with Crippen LogP contribution in [0, 0.1) is 0 Å². The van der Waals surface area contributed by atoms with Gasteiger partial charge in [0.25, 0.3) is 0 Å². The number of rotatable bonds is 4. The van der Waals surface area contributed by atoms with Crippen LogP contribution in [0.5, 0.6) is 0 Å². The summed E-state index contributed by atoms with van der Waals surface area (Å²) in [7, 11) is -2.80. The van der Waals surface area contributed by atoms with Gasteiger partial charge in [-0.2, -0.15) is 0 Å². The zero-order chi connectivity index (χ0) is 26.7. The van der Waals surface area contributed by atoms with Crippen LogP contribution in [0.2, 0.25) is 0 Å². The summed E-state index contributed by atoms with van der Waals surface area (Å²) in [5, 5.41) is 18.4. The number of nitrogens with zero attached hydrogens (tertiary/aromatic N) is 2. The van der Waals surface area contributed by atoms with E-state index in [0.717, 1.165) is 0 Å². The minimum atomic E-state index is -2.80. The SMILES string of the molecule is c1ccc([Si](c2ccccc2)(c2cn3c4sccc4c4cccc2c43)c2cn3c4sccc4c4cccc2c43)cc1. The van der Waals surface area contributed by atoms with E-state index in [4.69, 9.17) is 0 Å². The minimum Gasteiger partial charge on any atom is -0.307 e. The van der Waals surface area contributed by atoms with Gasteiger partial charge in [-0.1, -0.05) is 97.1 Å². The monoisotopic (exact) mass is 574 g/mol. The average Bonchev–Trinajstić information content (AvgIpc) is 3.86. The Morgan fingerprint density at radius 2 is 0.854 bits per heavy atom. The lowest BCUT2D eigenvalue weighted by molar-refractivity contribution is 1.33. The molecule has 0 radical (unpaired) electrons. The summed E-state index contributed by atoms with van der Waals surface area (Å²) in [4.78, 5) is 2.67. The maximum Gasteiger partial charge on any atom is 0.184 e. The lowest BCUT2D eigenvalue weighted by Gasteiger charge is -2.33. The second-order valence-electron chi connectivity index (χ2n) is 11.0. The molecule has 4 aromatic carbocycles. The zero-order valence-electron chi connectivity index (χ0n) is 21.9. The van der Waals surface area contributed by atoms with Gasteiger partial charge < -0.3 is 8.80 Å². The number of hydrogen-bond acceptors (Lipinski definition) is 2. The second-order valence-corrected chi connectivity index (χ2v) is 16.5. The van der Waals surface area contributed by atoms with Crippen molar-refractivity contribution in [3.63, 3.8) is 0 Å². The first-order valence-electron chi connectivity index (χ1n) is 13.9. The van der Waals surface area contributed by atoms with Crippen LogP contribution in [0.15, 0.2) is 132 Å². The number of fused-ring (bicyclic) bond motifs is 6. The topological polar surface area (TPSA) is 8.82 Å². The molecule has 10 rings (SSSR count). The quantitative estimate of drug-likeness (QED) is 0.197. The van der Waals surface area contributed by atoms with Gasteiger partial charge >= 0.3 is 0 Å². The van der Waals surface area contributed by atoms with Crippen LogP contribution in [0.3, 0.4) is 0 Å². The Morgan fingerprint density at radius 3 is 1.32 bits per heavy atom. The van der Waals surface area contributed by atoms with Crippen molar-refractivity contribution in [1.82, 2.24) is 8.80 Å². The lowest BCUT2D eigenvalue weighted by atomic mass is 10.1. The van der Waals surface area contributed by atoms with Crippen molar-refractivity contribution < 1.29 is 0 Å². The summed E-state index contributed by atoms with van der Waals surface area (Å²) in [5.74, 6) is 0. The summed E-state index contributed by atoms with van der Waals surface area (Å²) < 4.78 is 4.98. The molecule has 0 aliphatic carbocycles. The Labute approximate surface area is 244 Å². The second kappa shape index (κ2) is 7.86. The summed E-state index contributed by atoms with van der Waals surface area (Å²) in [6.07, 6.45) is 5.00. The van der Waals surface area contributed by atoms with Crippen LogP contribution in [-0.2, 0) is 0 Å². The number of para-hydroxylation sites is 2. The van der Waals surface area contributed by atoms with Gasteiger partial charge in [-0.15, -0.1) is 22.7 Å². The largest absolute Gasteiger partial charge is 0.307 e. The molecule has 192 valence electrons. The smallest absolute Gasteiger partial charge is 0.184 e. The predicted octanol–water partition coefficient (Wildman–Crippen LogP) is 7.18. The number of hydrogen-bond donors (Lipinski definition) is 0. The molecule has 0 amide bonds. The molecular formula is C36H22N2S2Si. The Hall–Kier alpha value is -4.42. The summed E-state index contributed by atoms with van der Waals surface area (Å²) in [5.41, 5.74) is 2.70. The Bertz CT molecular complexity index is 2350. The first-order valence-corrected chi connectivity index (χ1v) is 17.7. The molecule has 0 saturated heterocycles. The van der Waals surface area contributed by atoms with Crippen LogP contribution >= 0.6 is 22.7 Å². The number of benzene rings is 4. The molecule has 0 atom stereocenters. The minimum absolute atomic E-state index is 1.33. The normalized spacial score (nSPS) is 12.9. The fourth-order valence-corrected chi connectivity index (χ4v) is 14.5. The highest BCUT2D eigenvalue weighted by Gasteiger charge is 2.46. The van der Waals surface area contributed by atoms with Crippen LogP contribution in [0.4, 0.5) is 0 Å². The molecule has 41 heavy (non-hydrogen) atoms. The van der Waals surface area contributed by atoms with E-state index in [2.05, 4.69) is 141 Å². The van der Waals surface area contributed by atoms with Crippen molar-refractivity contribution in [3.05, 3.63) is 132 Å². The van der Waals surface area contributed by atoms with Gasteiger partial charge in [-0.05, 0) is 43.6 Å². The zero-order valence-corrected chi connectivity index (χ0v) is 24.5. The van der Waals surface area contributed by atoms with Crippen molar-refractivity contribution in [1.29, 1.82) is 0 Å². The highest BCUT2D eigenvalue weighted by atomic mass is 32.1. The summed E-state index contributed by atoms with van der Waals surface area (Å²) in [6, 6.07) is 41.1. The number of thiophene rings is 2. The van der Waals surface area contributed by atoms with Gasteiger partial charge in [-0.3, -0.25) is 0 Å². The fourth-order valence-electron chi connectivity index (χ4n) is 7.62. The van der Waals surface area contributed by atoms with Crippen molar-refractivity contribution in [2.24, 2.45) is 0 Å². The number of aromatic nitrogens is 2. The molecule has 10 aromatic rings. The van der Waals surface area contributed by atoms with Crippen molar-refractivity contribution in [2.75, 3.05) is 0 Å². The molecule has 0 N–H and O–H groups in total. The van der Waals surface area contributed by atoms with E-state index in [1.54, 1.807) is 0 Å². The molecule has 6 heterocycles. The third-order valence-corrected chi connectivity index (χ3v) is 15.8. The molecule has 0 aliphatic heterocycles. The van der Waals surface area contributed by atoms with Crippen LogP contribution in [0.1, 0.15) is 0 Å². The first-order chi connectivity index (χ1) is 20.4. The van der Waals surface area contributed by atoms with E-state index in [1.165, 1.54) is 73.8 Å².